The van der Waals surface area contributed by atoms with Gasteiger partial charge in [-0.25, -0.2) is 0 Å². The lowest BCUT2D eigenvalue weighted by atomic mass is 10.2. The van der Waals surface area contributed by atoms with E-state index < -0.39 is 17.9 Å². The van der Waals surface area contributed by atoms with Crippen LogP contribution in [0.3, 0.4) is 0 Å². The Kier molecular flexibility index (Phi) is 5.87. The zero-order valence-electron chi connectivity index (χ0n) is 4.70. The molecule has 0 aliphatic carbocycles. The van der Waals surface area contributed by atoms with Gasteiger partial charge in [-0.1, -0.05) is 0 Å². The standard InChI is InChI=1S/C4H8N2O3.H4Si/c5-2(4(8)9)1-3(6)7;/h2H,1,5H2,(H2,6,7)(H,8,9);1H4/t2-;/m0./s1. The van der Waals surface area contributed by atoms with Gasteiger partial charge in [0.15, 0.2) is 0 Å². The highest BCUT2D eigenvalue weighted by atomic mass is 28.1. The number of carbonyl (C=O) groups is 2. The van der Waals surface area contributed by atoms with Crippen LogP contribution >= 0.6 is 0 Å². The van der Waals surface area contributed by atoms with E-state index in [9.17, 15) is 9.59 Å². The van der Waals surface area contributed by atoms with Crippen LogP contribution in [0.2, 0.25) is 0 Å². The van der Waals surface area contributed by atoms with Crippen LogP contribution in [0, 0.1) is 0 Å². The minimum atomic E-state index is -1.21. The molecule has 5 nitrogen and oxygen atoms in total. The molecule has 60 valence electrons. The predicted molar refractivity (Wildman–Crippen MR) is 40.8 cm³/mol. The van der Waals surface area contributed by atoms with Crippen molar-refractivity contribution >= 4 is 22.8 Å². The molecule has 0 aromatic carbocycles. The first kappa shape index (κ1) is 11.9. The van der Waals surface area contributed by atoms with Crippen molar-refractivity contribution in [1.29, 1.82) is 0 Å². The summed E-state index contributed by atoms with van der Waals surface area (Å²) in [6, 6.07) is -1.16. The van der Waals surface area contributed by atoms with E-state index in [0.717, 1.165) is 0 Å². The zero-order valence-corrected chi connectivity index (χ0v) is 4.70. The molecule has 0 aliphatic heterocycles. The van der Waals surface area contributed by atoms with Gasteiger partial charge in [-0.3, -0.25) is 9.59 Å². The van der Waals surface area contributed by atoms with Gasteiger partial charge in [0, 0.05) is 0 Å². The largest absolute Gasteiger partial charge is 0.480 e. The van der Waals surface area contributed by atoms with E-state index in [0.29, 0.717) is 0 Å². The summed E-state index contributed by atoms with van der Waals surface area (Å²) < 4.78 is 0. The smallest absolute Gasteiger partial charge is 0.321 e. The second-order valence-electron chi connectivity index (χ2n) is 1.62. The fourth-order valence-corrected chi connectivity index (χ4v) is 0.304. The third-order valence-corrected chi connectivity index (χ3v) is 0.738. The first-order valence-electron chi connectivity index (χ1n) is 2.30. The first-order valence-corrected chi connectivity index (χ1v) is 2.30. The third kappa shape index (κ3) is 5.26. The molecular formula is C4H12N2O3Si. The Hall–Kier alpha value is -0.883. The van der Waals surface area contributed by atoms with Gasteiger partial charge >= 0.3 is 5.97 Å². The van der Waals surface area contributed by atoms with Gasteiger partial charge in [0.2, 0.25) is 5.91 Å². The Bertz CT molecular complexity index is 138. The number of carboxylic acid groups (broad SMARTS) is 1. The van der Waals surface area contributed by atoms with Crippen molar-refractivity contribution in [1.82, 2.24) is 0 Å². The van der Waals surface area contributed by atoms with Crippen LogP contribution < -0.4 is 11.5 Å². The van der Waals surface area contributed by atoms with Crippen LogP contribution in [0.25, 0.3) is 0 Å². The lowest BCUT2D eigenvalue weighted by Crippen LogP contribution is -2.34. The van der Waals surface area contributed by atoms with Crippen molar-refractivity contribution in [2.45, 2.75) is 12.5 Å². The van der Waals surface area contributed by atoms with Crippen LogP contribution in [0.1, 0.15) is 6.42 Å². The summed E-state index contributed by atoms with van der Waals surface area (Å²) in [4.78, 5) is 19.9. The summed E-state index contributed by atoms with van der Waals surface area (Å²) in [6.07, 6.45) is -0.310. The molecule has 0 aromatic heterocycles. The van der Waals surface area contributed by atoms with Crippen molar-refractivity contribution in [2.24, 2.45) is 11.5 Å². The maximum absolute atomic E-state index is 9.99. The molecule has 6 heteroatoms. The number of primary amides is 1. The lowest BCUT2D eigenvalue weighted by molar-refractivity contribution is -0.140. The second kappa shape index (κ2) is 4.95. The van der Waals surface area contributed by atoms with Crippen LogP contribution in [0.5, 0.6) is 0 Å². The molecule has 0 rings (SSSR count). The Morgan fingerprint density at radius 1 is 1.50 bits per heavy atom. The summed E-state index contributed by atoms with van der Waals surface area (Å²) in [5, 5.41) is 8.10. The number of rotatable bonds is 3. The number of carbonyl (C=O) groups excluding carboxylic acids is 1. The summed E-state index contributed by atoms with van der Waals surface area (Å²) in [6.45, 7) is 0. The molecule has 5 N–H and O–H groups in total. The molecule has 0 saturated heterocycles. The van der Waals surface area contributed by atoms with E-state index in [1.54, 1.807) is 0 Å². The minimum Gasteiger partial charge on any atom is -0.480 e. The van der Waals surface area contributed by atoms with Crippen LogP contribution in [-0.2, 0) is 9.59 Å². The van der Waals surface area contributed by atoms with Crippen LogP contribution in [-0.4, -0.2) is 34.0 Å². The average molecular weight is 164 g/mol. The molecule has 0 saturated carbocycles. The van der Waals surface area contributed by atoms with Crippen molar-refractivity contribution in [3.05, 3.63) is 0 Å². The molecule has 0 radical (unpaired) electrons. The van der Waals surface area contributed by atoms with E-state index in [-0.39, 0.29) is 17.4 Å². The van der Waals surface area contributed by atoms with Gasteiger partial charge < -0.3 is 16.6 Å². The van der Waals surface area contributed by atoms with E-state index in [1.165, 1.54) is 0 Å². The van der Waals surface area contributed by atoms with Gasteiger partial charge in [-0.05, 0) is 11.0 Å². The highest BCUT2D eigenvalue weighted by Crippen LogP contribution is 1.84. The number of nitrogens with two attached hydrogens (primary N) is 2. The maximum atomic E-state index is 9.99. The van der Waals surface area contributed by atoms with Gasteiger partial charge in [0.1, 0.15) is 6.04 Å². The predicted octanol–water partition coefficient (Wildman–Crippen LogP) is -3.18. The van der Waals surface area contributed by atoms with E-state index in [4.69, 9.17) is 10.8 Å². The fraction of sp³-hybridized carbons (Fsp3) is 0.500. The van der Waals surface area contributed by atoms with Gasteiger partial charge in [-0.15, -0.1) is 0 Å². The Balaban J connectivity index is 0. The van der Waals surface area contributed by atoms with Gasteiger partial charge in [-0.2, -0.15) is 0 Å². The van der Waals surface area contributed by atoms with E-state index >= 15 is 0 Å². The summed E-state index contributed by atoms with van der Waals surface area (Å²) >= 11 is 0. The molecule has 1 amide bonds. The first-order chi connectivity index (χ1) is 4.04. The molecule has 10 heavy (non-hydrogen) atoms. The van der Waals surface area contributed by atoms with Crippen LogP contribution in [0.15, 0.2) is 0 Å². The summed E-state index contributed by atoms with van der Waals surface area (Å²) in [5.74, 6) is -1.92. The number of amides is 1. The lowest BCUT2D eigenvalue weighted by Gasteiger charge is -1.99. The Morgan fingerprint density at radius 2 is 1.90 bits per heavy atom. The van der Waals surface area contributed by atoms with Crippen molar-refractivity contribution < 1.29 is 14.7 Å². The quantitative estimate of drug-likeness (QED) is 0.382. The second-order valence-corrected chi connectivity index (χ2v) is 1.62. The Morgan fingerprint density at radius 3 is 2.00 bits per heavy atom. The number of hydrogen-bond acceptors (Lipinski definition) is 3. The average Bonchev–Trinajstić information content (AvgIpc) is 1.63. The maximum Gasteiger partial charge on any atom is 0.321 e. The Labute approximate surface area is 62.4 Å². The minimum absolute atomic E-state index is 0. The molecule has 0 spiro atoms. The normalized spacial score (nSPS) is 11.3. The zero-order chi connectivity index (χ0) is 7.44. The molecule has 0 aliphatic rings. The van der Waals surface area contributed by atoms with Crippen molar-refractivity contribution in [3.8, 4) is 0 Å². The molecule has 0 bridgehead atoms. The molecule has 0 fully saturated rings. The van der Waals surface area contributed by atoms with Gasteiger partial charge in [0.05, 0.1) is 6.42 Å². The van der Waals surface area contributed by atoms with Crippen LogP contribution in [0.4, 0.5) is 0 Å². The fourth-order valence-electron chi connectivity index (χ4n) is 0.304. The molecule has 0 heterocycles. The molecule has 1 atom stereocenters. The highest BCUT2D eigenvalue weighted by Gasteiger charge is 2.13. The number of hydrogen-bond donors (Lipinski definition) is 3. The highest BCUT2D eigenvalue weighted by molar-refractivity contribution is 5.83. The summed E-state index contributed by atoms with van der Waals surface area (Å²) in [7, 11) is 0. The molecular weight excluding hydrogens is 152 g/mol. The SMILES string of the molecule is NC(=O)C[C@H](N)C(=O)O.[SiH4]. The van der Waals surface area contributed by atoms with E-state index in [1.807, 2.05) is 0 Å². The number of carboxylic acids is 1. The molecule has 0 unspecified atom stereocenters. The molecule has 0 aromatic rings. The third-order valence-electron chi connectivity index (χ3n) is 0.738. The number of aliphatic carboxylic acids is 1. The monoisotopic (exact) mass is 164 g/mol. The summed E-state index contributed by atoms with van der Waals surface area (Å²) in [5.41, 5.74) is 9.57. The van der Waals surface area contributed by atoms with E-state index in [2.05, 4.69) is 5.73 Å². The van der Waals surface area contributed by atoms with Crippen molar-refractivity contribution in [3.63, 3.8) is 0 Å². The van der Waals surface area contributed by atoms with Crippen molar-refractivity contribution in [2.75, 3.05) is 0 Å². The van der Waals surface area contributed by atoms with Gasteiger partial charge in [0.25, 0.3) is 0 Å². The topological polar surface area (TPSA) is 106 Å².